The van der Waals surface area contributed by atoms with E-state index in [0.29, 0.717) is 35.7 Å². The molecule has 0 saturated carbocycles. The molecule has 1 aliphatic carbocycles. The molecule has 2 aliphatic rings. The monoisotopic (exact) mass is 394 g/mol. The van der Waals surface area contributed by atoms with Gasteiger partial charge in [-0.1, -0.05) is 48.0 Å². The first-order valence-corrected chi connectivity index (χ1v) is 9.57. The molecule has 5 nitrogen and oxygen atoms in total. The Bertz CT molecular complexity index is 954. The maximum atomic E-state index is 12.7. The van der Waals surface area contributed by atoms with Crippen molar-refractivity contribution in [2.75, 3.05) is 4.90 Å². The van der Waals surface area contributed by atoms with Gasteiger partial charge >= 0.3 is 0 Å². The maximum absolute atomic E-state index is 12.7. The molecule has 1 heterocycles. The molecule has 4 rings (SSSR count). The molecular weight excluding hydrogens is 376 g/mol. The van der Waals surface area contributed by atoms with E-state index in [1.54, 1.807) is 24.3 Å². The SMILES string of the molecule is O=C(NCc1ccccc1)c1ccc(N2C(=O)[C@@H]3CC=C(Cl)C[C@H]3C2=O)cc1. The number of fused-ring (bicyclic) bond motifs is 1. The molecule has 142 valence electrons. The summed E-state index contributed by atoms with van der Waals surface area (Å²) >= 11 is 6.05. The largest absolute Gasteiger partial charge is 0.348 e. The van der Waals surface area contributed by atoms with Crippen molar-refractivity contribution in [3.8, 4) is 0 Å². The van der Waals surface area contributed by atoms with Gasteiger partial charge in [-0.15, -0.1) is 0 Å². The van der Waals surface area contributed by atoms with Crippen LogP contribution >= 0.6 is 11.6 Å². The van der Waals surface area contributed by atoms with E-state index in [4.69, 9.17) is 11.6 Å². The molecular formula is C22H19ClN2O3. The lowest BCUT2D eigenvalue weighted by atomic mass is 9.85. The molecule has 28 heavy (non-hydrogen) atoms. The molecule has 0 aromatic heterocycles. The van der Waals surface area contributed by atoms with Crippen LogP contribution in [0.4, 0.5) is 5.69 Å². The number of benzene rings is 2. The van der Waals surface area contributed by atoms with Crippen molar-refractivity contribution in [3.63, 3.8) is 0 Å². The average Bonchev–Trinajstić information content (AvgIpc) is 2.97. The lowest BCUT2D eigenvalue weighted by Gasteiger charge is -2.17. The van der Waals surface area contributed by atoms with Crippen molar-refractivity contribution in [1.29, 1.82) is 0 Å². The average molecular weight is 395 g/mol. The zero-order chi connectivity index (χ0) is 19.7. The zero-order valence-electron chi connectivity index (χ0n) is 15.1. The minimum absolute atomic E-state index is 0.198. The third-order valence-electron chi connectivity index (χ3n) is 5.25. The van der Waals surface area contributed by atoms with E-state index in [9.17, 15) is 14.4 Å². The number of carbonyl (C=O) groups is 3. The Kier molecular flexibility index (Phi) is 5.01. The van der Waals surface area contributed by atoms with E-state index in [-0.39, 0.29) is 29.6 Å². The maximum Gasteiger partial charge on any atom is 0.251 e. The molecule has 1 N–H and O–H groups in total. The molecule has 0 spiro atoms. The summed E-state index contributed by atoms with van der Waals surface area (Å²) in [6.07, 6.45) is 2.72. The predicted molar refractivity (Wildman–Crippen MR) is 107 cm³/mol. The summed E-state index contributed by atoms with van der Waals surface area (Å²) in [6.45, 7) is 0.432. The van der Waals surface area contributed by atoms with E-state index in [1.165, 1.54) is 4.90 Å². The Morgan fingerprint density at radius 2 is 1.68 bits per heavy atom. The Labute approximate surface area is 168 Å². The summed E-state index contributed by atoms with van der Waals surface area (Å²) in [4.78, 5) is 39.0. The number of allylic oxidation sites excluding steroid dienone is 2. The fourth-order valence-electron chi connectivity index (χ4n) is 3.72. The normalized spacial score (nSPS) is 21.3. The second-order valence-corrected chi connectivity index (χ2v) is 7.52. The number of hydrogen-bond donors (Lipinski definition) is 1. The first kappa shape index (κ1) is 18.4. The van der Waals surface area contributed by atoms with Crippen LogP contribution in [0.15, 0.2) is 65.7 Å². The fraction of sp³-hybridized carbons (Fsp3) is 0.227. The minimum atomic E-state index is -0.390. The third kappa shape index (κ3) is 3.45. The first-order chi connectivity index (χ1) is 13.5. The van der Waals surface area contributed by atoms with Crippen molar-refractivity contribution in [2.24, 2.45) is 11.8 Å². The standard InChI is InChI=1S/C22H19ClN2O3/c23-16-8-11-18-19(12-16)22(28)25(21(18)27)17-9-6-15(7-10-17)20(26)24-13-14-4-2-1-3-5-14/h1-10,18-19H,11-13H2,(H,24,26)/t18-,19-/m1/s1. The van der Waals surface area contributed by atoms with Gasteiger partial charge in [-0.3, -0.25) is 19.3 Å². The van der Waals surface area contributed by atoms with Crippen LogP contribution in [0.25, 0.3) is 0 Å². The number of anilines is 1. The molecule has 1 saturated heterocycles. The summed E-state index contributed by atoms with van der Waals surface area (Å²) in [5.41, 5.74) is 1.97. The molecule has 2 aromatic carbocycles. The molecule has 1 fully saturated rings. The summed E-state index contributed by atoms with van der Waals surface area (Å²) in [6, 6.07) is 16.2. The molecule has 0 unspecified atom stereocenters. The van der Waals surface area contributed by atoms with Gasteiger partial charge in [-0.25, -0.2) is 0 Å². The van der Waals surface area contributed by atoms with E-state index in [1.807, 2.05) is 36.4 Å². The summed E-state index contributed by atoms with van der Waals surface area (Å²) < 4.78 is 0. The number of halogens is 1. The topological polar surface area (TPSA) is 66.5 Å². The molecule has 2 aromatic rings. The number of carbonyl (C=O) groups excluding carboxylic acids is 3. The highest BCUT2D eigenvalue weighted by atomic mass is 35.5. The minimum Gasteiger partial charge on any atom is -0.348 e. The molecule has 3 amide bonds. The van der Waals surface area contributed by atoms with Crippen LogP contribution in [0.3, 0.4) is 0 Å². The van der Waals surface area contributed by atoms with Crippen LogP contribution in [-0.4, -0.2) is 17.7 Å². The van der Waals surface area contributed by atoms with Crippen LogP contribution in [0.1, 0.15) is 28.8 Å². The van der Waals surface area contributed by atoms with Crippen molar-refractivity contribution in [2.45, 2.75) is 19.4 Å². The molecule has 1 aliphatic heterocycles. The third-order valence-corrected chi connectivity index (χ3v) is 5.56. The van der Waals surface area contributed by atoms with Gasteiger partial charge in [0.2, 0.25) is 11.8 Å². The van der Waals surface area contributed by atoms with Gasteiger partial charge in [0.05, 0.1) is 17.5 Å². The number of nitrogens with one attached hydrogen (secondary N) is 1. The van der Waals surface area contributed by atoms with Crippen molar-refractivity contribution < 1.29 is 14.4 Å². The van der Waals surface area contributed by atoms with Crippen LogP contribution in [0, 0.1) is 11.8 Å². The second-order valence-electron chi connectivity index (χ2n) is 7.03. The summed E-state index contributed by atoms with van der Waals surface area (Å²) in [5.74, 6) is -1.36. The van der Waals surface area contributed by atoms with Crippen LogP contribution in [0.5, 0.6) is 0 Å². The summed E-state index contributed by atoms with van der Waals surface area (Å²) in [7, 11) is 0. The van der Waals surface area contributed by atoms with Crippen LogP contribution < -0.4 is 10.2 Å². The summed E-state index contributed by atoms with van der Waals surface area (Å²) in [5, 5.41) is 3.49. The number of hydrogen-bond acceptors (Lipinski definition) is 3. The van der Waals surface area contributed by atoms with Gasteiger partial charge < -0.3 is 5.32 Å². The highest BCUT2D eigenvalue weighted by Crippen LogP contribution is 2.40. The highest BCUT2D eigenvalue weighted by Gasteiger charge is 2.48. The molecule has 0 bridgehead atoms. The van der Waals surface area contributed by atoms with Gasteiger partial charge in [0.15, 0.2) is 0 Å². The first-order valence-electron chi connectivity index (χ1n) is 9.19. The Morgan fingerprint density at radius 1 is 1.00 bits per heavy atom. The molecule has 0 radical (unpaired) electrons. The lowest BCUT2D eigenvalue weighted by molar-refractivity contribution is -0.122. The van der Waals surface area contributed by atoms with Crippen molar-refractivity contribution in [3.05, 3.63) is 76.8 Å². The number of imide groups is 1. The number of rotatable bonds is 4. The van der Waals surface area contributed by atoms with E-state index in [2.05, 4.69) is 5.32 Å². The van der Waals surface area contributed by atoms with Gasteiger partial charge in [-0.05, 0) is 42.7 Å². The van der Waals surface area contributed by atoms with Crippen LogP contribution in [0.2, 0.25) is 0 Å². The van der Waals surface area contributed by atoms with Gasteiger partial charge in [0.25, 0.3) is 5.91 Å². The molecule has 2 atom stereocenters. The number of amides is 3. The van der Waals surface area contributed by atoms with E-state index >= 15 is 0 Å². The Hall–Kier alpha value is -2.92. The highest BCUT2D eigenvalue weighted by molar-refractivity contribution is 6.30. The van der Waals surface area contributed by atoms with Gasteiger partial charge in [-0.2, -0.15) is 0 Å². The molecule has 6 heteroatoms. The van der Waals surface area contributed by atoms with E-state index < -0.39 is 0 Å². The van der Waals surface area contributed by atoms with Crippen molar-refractivity contribution in [1.82, 2.24) is 5.32 Å². The fourth-order valence-corrected chi connectivity index (χ4v) is 3.98. The van der Waals surface area contributed by atoms with Crippen LogP contribution in [-0.2, 0) is 16.1 Å². The number of nitrogens with zero attached hydrogens (tertiary/aromatic N) is 1. The predicted octanol–water partition coefficient (Wildman–Crippen LogP) is 3.64. The Morgan fingerprint density at radius 3 is 2.39 bits per heavy atom. The van der Waals surface area contributed by atoms with Gasteiger partial charge in [0.1, 0.15) is 0 Å². The lowest BCUT2D eigenvalue weighted by Crippen LogP contribution is -2.31. The smallest absolute Gasteiger partial charge is 0.251 e. The quantitative estimate of drug-likeness (QED) is 0.805. The van der Waals surface area contributed by atoms with Gasteiger partial charge in [0, 0.05) is 17.1 Å². The zero-order valence-corrected chi connectivity index (χ0v) is 15.9. The Balaban J connectivity index is 1.45. The van der Waals surface area contributed by atoms with E-state index in [0.717, 1.165) is 5.56 Å². The van der Waals surface area contributed by atoms with Crippen molar-refractivity contribution >= 4 is 35.0 Å². The second kappa shape index (κ2) is 7.60.